The summed E-state index contributed by atoms with van der Waals surface area (Å²) in [6.07, 6.45) is 3.41. The maximum absolute atomic E-state index is 13.7. The van der Waals surface area contributed by atoms with Gasteiger partial charge in [-0.2, -0.15) is 0 Å². The molecule has 0 unspecified atom stereocenters. The van der Waals surface area contributed by atoms with Crippen LogP contribution in [0.1, 0.15) is 18.7 Å². The number of aliphatic hydroxyl groups excluding tert-OH is 1. The zero-order valence-electron chi connectivity index (χ0n) is 9.81. The lowest BCUT2D eigenvalue weighted by atomic mass is 10.1. The van der Waals surface area contributed by atoms with Crippen molar-refractivity contribution in [3.63, 3.8) is 0 Å². The van der Waals surface area contributed by atoms with Crippen molar-refractivity contribution in [2.75, 3.05) is 6.61 Å². The molecule has 1 aromatic carbocycles. The topological polar surface area (TPSA) is 46.0 Å². The molecule has 1 saturated carbocycles. The molecule has 2 aromatic rings. The van der Waals surface area contributed by atoms with Crippen LogP contribution in [0.4, 0.5) is 4.39 Å². The first-order valence-corrected chi connectivity index (χ1v) is 5.94. The van der Waals surface area contributed by atoms with E-state index in [1.165, 1.54) is 6.07 Å². The highest BCUT2D eigenvalue weighted by atomic mass is 19.1. The predicted octanol–water partition coefficient (Wildman–Crippen LogP) is 2.31. The molecule has 18 heavy (non-hydrogen) atoms. The van der Waals surface area contributed by atoms with Crippen LogP contribution in [0.3, 0.4) is 0 Å². The van der Waals surface area contributed by atoms with E-state index in [0.29, 0.717) is 17.1 Å². The first-order valence-electron chi connectivity index (χ1n) is 5.94. The highest BCUT2D eigenvalue weighted by molar-refractivity contribution is 5.59. The van der Waals surface area contributed by atoms with Gasteiger partial charge in [0.25, 0.3) is 0 Å². The van der Waals surface area contributed by atoms with E-state index in [-0.39, 0.29) is 17.8 Å². The van der Waals surface area contributed by atoms with E-state index in [4.69, 9.17) is 0 Å². The molecule has 1 N–H and O–H groups in total. The van der Waals surface area contributed by atoms with Gasteiger partial charge in [-0.15, -0.1) is 0 Å². The molecule has 3 nitrogen and oxygen atoms in total. The fraction of sp³-hybridized carbons (Fsp3) is 0.286. The highest BCUT2D eigenvalue weighted by Crippen LogP contribution is 2.46. The Labute approximate surface area is 104 Å². The third-order valence-electron chi connectivity index (χ3n) is 3.44. The molecule has 0 aliphatic heterocycles. The van der Waals surface area contributed by atoms with E-state index < -0.39 is 0 Å². The molecule has 1 aliphatic rings. The summed E-state index contributed by atoms with van der Waals surface area (Å²) in [5, 5.41) is 9.37. The summed E-state index contributed by atoms with van der Waals surface area (Å²) in [6.45, 7) is 0.0493. The van der Waals surface area contributed by atoms with Crippen molar-refractivity contribution in [3.05, 3.63) is 48.2 Å². The van der Waals surface area contributed by atoms with Crippen LogP contribution in [-0.4, -0.2) is 21.7 Å². The average Bonchev–Trinajstić information content (AvgIpc) is 3.20. The van der Waals surface area contributed by atoms with Crippen molar-refractivity contribution in [3.8, 4) is 11.3 Å². The van der Waals surface area contributed by atoms with Crippen molar-refractivity contribution < 1.29 is 9.50 Å². The number of hydrogen-bond acceptors (Lipinski definition) is 3. The number of benzene rings is 1. The van der Waals surface area contributed by atoms with Crippen molar-refractivity contribution in [1.29, 1.82) is 0 Å². The summed E-state index contributed by atoms with van der Waals surface area (Å²) in [6, 6.07) is 8.22. The molecule has 1 heterocycles. The Morgan fingerprint density at radius 2 is 2.00 bits per heavy atom. The average molecular weight is 244 g/mol. The number of halogens is 1. The lowest BCUT2D eigenvalue weighted by Crippen LogP contribution is -2.16. The first-order chi connectivity index (χ1) is 8.75. The minimum absolute atomic E-state index is 0.0493. The fourth-order valence-corrected chi connectivity index (χ4v) is 2.04. The molecule has 0 atom stereocenters. The monoisotopic (exact) mass is 244 g/mol. The summed E-state index contributed by atoms with van der Waals surface area (Å²) in [5.74, 6) is 0.321. The van der Waals surface area contributed by atoms with Gasteiger partial charge in [0.05, 0.1) is 17.7 Å². The Balaban J connectivity index is 2.04. The van der Waals surface area contributed by atoms with Gasteiger partial charge in [0.1, 0.15) is 11.6 Å². The lowest BCUT2D eigenvalue weighted by Gasteiger charge is -2.11. The first kappa shape index (κ1) is 11.3. The molecular formula is C14H13FN2O. The molecule has 92 valence electrons. The molecule has 1 fully saturated rings. The van der Waals surface area contributed by atoms with E-state index >= 15 is 0 Å². The minimum atomic E-state index is -0.295. The van der Waals surface area contributed by atoms with Crippen LogP contribution in [-0.2, 0) is 5.41 Å². The van der Waals surface area contributed by atoms with Gasteiger partial charge >= 0.3 is 0 Å². The standard InChI is InChI=1S/C14H13FN2O/c15-11-4-2-1-3-10(11)12-5-8-16-13(17-12)14(9-18)6-7-14/h1-5,8,18H,6-7,9H2. The van der Waals surface area contributed by atoms with Crippen molar-refractivity contribution >= 4 is 0 Å². The third kappa shape index (κ3) is 1.78. The Kier molecular flexibility index (Phi) is 2.59. The predicted molar refractivity (Wildman–Crippen MR) is 65.4 cm³/mol. The van der Waals surface area contributed by atoms with Gasteiger partial charge in [0.15, 0.2) is 0 Å². The van der Waals surface area contributed by atoms with Crippen LogP contribution in [0.5, 0.6) is 0 Å². The summed E-state index contributed by atoms with van der Waals surface area (Å²) in [4.78, 5) is 8.60. The van der Waals surface area contributed by atoms with Gasteiger partial charge in [0.2, 0.25) is 0 Å². The van der Waals surface area contributed by atoms with Crippen LogP contribution in [0, 0.1) is 5.82 Å². The van der Waals surface area contributed by atoms with E-state index in [9.17, 15) is 9.50 Å². The zero-order chi connectivity index (χ0) is 12.6. The Hall–Kier alpha value is -1.81. The number of hydrogen-bond donors (Lipinski definition) is 1. The second kappa shape index (κ2) is 4.14. The van der Waals surface area contributed by atoms with E-state index in [1.807, 2.05) is 0 Å². The molecule has 0 bridgehead atoms. The van der Waals surface area contributed by atoms with E-state index in [1.54, 1.807) is 30.5 Å². The Morgan fingerprint density at radius 3 is 2.67 bits per heavy atom. The van der Waals surface area contributed by atoms with E-state index in [2.05, 4.69) is 9.97 Å². The van der Waals surface area contributed by atoms with Crippen molar-refractivity contribution in [2.24, 2.45) is 0 Å². The summed E-state index contributed by atoms with van der Waals surface area (Å²) in [5.41, 5.74) is 0.745. The lowest BCUT2D eigenvalue weighted by molar-refractivity contribution is 0.250. The molecule has 3 rings (SSSR count). The maximum Gasteiger partial charge on any atom is 0.137 e. The van der Waals surface area contributed by atoms with Gasteiger partial charge in [-0.25, -0.2) is 14.4 Å². The quantitative estimate of drug-likeness (QED) is 0.901. The van der Waals surface area contributed by atoms with Gasteiger partial charge in [-0.05, 0) is 31.0 Å². The summed E-state index contributed by atoms with van der Waals surface area (Å²) in [7, 11) is 0. The van der Waals surface area contributed by atoms with Gasteiger partial charge in [-0.3, -0.25) is 0 Å². The van der Waals surface area contributed by atoms with Crippen molar-refractivity contribution in [1.82, 2.24) is 9.97 Å². The number of rotatable bonds is 3. The fourth-order valence-electron chi connectivity index (χ4n) is 2.04. The number of aliphatic hydroxyl groups is 1. The summed E-state index contributed by atoms with van der Waals surface area (Å²) >= 11 is 0. The van der Waals surface area contributed by atoms with Crippen LogP contribution >= 0.6 is 0 Å². The smallest absolute Gasteiger partial charge is 0.137 e. The minimum Gasteiger partial charge on any atom is -0.395 e. The zero-order valence-corrected chi connectivity index (χ0v) is 9.81. The van der Waals surface area contributed by atoms with Crippen LogP contribution < -0.4 is 0 Å². The molecule has 4 heteroatoms. The SMILES string of the molecule is OCC1(c2nccc(-c3ccccc3F)n2)CC1. The molecule has 1 aliphatic carbocycles. The Bertz CT molecular complexity index is 582. The third-order valence-corrected chi connectivity index (χ3v) is 3.44. The second-order valence-electron chi connectivity index (χ2n) is 4.68. The Morgan fingerprint density at radius 1 is 1.22 bits per heavy atom. The molecule has 0 amide bonds. The molecular weight excluding hydrogens is 231 g/mol. The van der Waals surface area contributed by atoms with Crippen molar-refractivity contribution in [2.45, 2.75) is 18.3 Å². The second-order valence-corrected chi connectivity index (χ2v) is 4.68. The molecule has 0 radical (unpaired) electrons. The molecule has 0 spiro atoms. The van der Waals surface area contributed by atoms with Gasteiger partial charge in [-0.1, -0.05) is 12.1 Å². The van der Waals surface area contributed by atoms with E-state index in [0.717, 1.165) is 12.8 Å². The van der Waals surface area contributed by atoms with Gasteiger partial charge < -0.3 is 5.11 Å². The number of aromatic nitrogens is 2. The molecule has 0 saturated heterocycles. The van der Waals surface area contributed by atoms with Gasteiger partial charge in [0, 0.05) is 11.8 Å². The molecule has 1 aromatic heterocycles. The normalized spacial score (nSPS) is 16.6. The number of nitrogens with zero attached hydrogens (tertiary/aromatic N) is 2. The largest absolute Gasteiger partial charge is 0.395 e. The van der Waals surface area contributed by atoms with Crippen LogP contribution in [0.25, 0.3) is 11.3 Å². The van der Waals surface area contributed by atoms with Crippen LogP contribution in [0.2, 0.25) is 0 Å². The van der Waals surface area contributed by atoms with Crippen LogP contribution in [0.15, 0.2) is 36.5 Å². The highest BCUT2D eigenvalue weighted by Gasteiger charge is 2.46. The summed E-state index contributed by atoms with van der Waals surface area (Å²) < 4.78 is 13.7. The maximum atomic E-state index is 13.7.